The van der Waals surface area contributed by atoms with Gasteiger partial charge < -0.3 is 15.6 Å². The van der Waals surface area contributed by atoms with Crippen molar-refractivity contribution >= 4 is 46.4 Å². The van der Waals surface area contributed by atoms with Crippen molar-refractivity contribution < 1.29 is 19.3 Å². The second kappa shape index (κ2) is 11.2. The van der Waals surface area contributed by atoms with Crippen molar-refractivity contribution in [2.24, 2.45) is 4.99 Å². The topological polar surface area (TPSA) is 171 Å². The molecular weight excluding hydrogens is 526 g/mol. The quantitative estimate of drug-likeness (QED) is 0.143. The lowest BCUT2D eigenvalue weighted by molar-refractivity contribution is -0.384. The fourth-order valence-electron chi connectivity index (χ4n) is 4.50. The van der Waals surface area contributed by atoms with E-state index in [0.29, 0.717) is 46.4 Å². The second-order valence-electron chi connectivity index (χ2n) is 9.43. The molecule has 0 saturated carbocycles. The summed E-state index contributed by atoms with van der Waals surface area (Å²) in [4.78, 5) is 58.8. The molecule has 0 spiro atoms. The van der Waals surface area contributed by atoms with Gasteiger partial charge in [0.05, 0.1) is 28.2 Å². The molecule has 1 unspecified atom stereocenters. The van der Waals surface area contributed by atoms with Crippen LogP contribution in [0.2, 0.25) is 0 Å². The summed E-state index contributed by atoms with van der Waals surface area (Å²) in [6.45, 7) is 3.18. The zero-order chi connectivity index (χ0) is 29.1. The third-order valence-corrected chi connectivity index (χ3v) is 6.44. The predicted molar refractivity (Wildman–Crippen MR) is 153 cm³/mol. The van der Waals surface area contributed by atoms with Gasteiger partial charge in [0, 0.05) is 43.8 Å². The number of amides is 3. The number of rotatable bonds is 8. The first-order valence-corrected chi connectivity index (χ1v) is 12.6. The van der Waals surface area contributed by atoms with Gasteiger partial charge in [0.2, 0.25) is 23.7 Å². The lowest BCUT2D eigenvalue weighted by Gasteiger charge is -2.15. The van der Waals surface area contributed by atoms with E-state index in [9.17, 15) is 24.5 Å². The molecule has 206 valence electrons. The molecule has 3 aromatic carbocycles. The number of H-pyrrole nitrogens is 1. The molecule has 12 heteroatoms. The van der Waals surface area contributed by atoms with E-state index in [2.05, 4.69) is 25.9 Å². The van der Waals surface area contributed by atoms with Gasteiger partial charge in [-0.05, 0) is 34.9 Å². The monoisotopic (exact) mass is 551 g/mol. The van der Waals surface area contributed by atoms with E-state index >= 15 is 0 Å². The van der Waals surface area contributed by atoms with Gasteiger partial charge in [0.1, 0.15) is 5.92 Å². The Morgan fingerprint density at radius 1 is 1.02 bits per heavy atom. The highest BCUT2D eigenvalue weighted by Gasteiger charge is 2.36. The number of carbonyl (C=O) groups is 3. The average Bonchev–Trinajstić information content (AvgIpc) is 3.54. The number of fused-ring (bicyclic) bond motifs is 1. The number of anilines is 2. The first-order valence-electron chi connectivity index (χ1n) is 12.6. The number of nitro benzene ring substituents is 1. The maximum absolute atomic E-state index is 13.2. The number of aromatic nitrogens is 2. The highest BCUT2D eigenvalue weighted by molar-refractivity contribution is 6.24. The number of aromatic amines is 1. The van der Waals surface area contributed by atoms with Gasteiger partial charge in [-0.15, -0.1) is 0 Å². The number of hydrogen-bond acceptors (Lipinski definition) is 7. The van der Waals surface area contributed by atoms with E-state index < -0.39 is 10.8 Å². The summed E-state index contributed by atoms with van der Waals surface area (Å²) in [6.07, 6.45) is 1.60. The molecule has 1 atom stereocenters. The predicted octanol–water partition coefficient (Wildman–Crippen LogP) is 4.44. The zero-order valence-corrected chi connectivity index (χ0v) is 22.1. The van der Waals surface area contributed by atoms with Crippen LogP contribution in [-0.2, 0) is 20.9 Å². The number of carbonyl (C=O) groups excluding carboxylic acids is 3. The molecular formula is C29H25N7O5. The SMILES string of the molecule is CC(=O)NCc1ccc(C(=Nc2ccc(-c3cnc(NC(C)=O)[nH]3)cc2)C2C(=O)Nc3ccc([N+](=O)[O-])cc32)cc1. The molecule has 1 aliphatic heterocycles. The van der Waals surface area contributed by atoms with Crippen molar-refractivity contribution in [1.82, 2.24) is 15.3 Å². The molecule has 5 rings (SSSR count). The summed E-state index contributed by atoms with van der Waals surface area (Å²) >= 11 is 0. The fraction of sp³-hybridized carbons (Fsp3) is 0.138. The van der Waals surface area contributed by atoms with Crippen LogP contribution in [0.3, 0.4) is 0 Å². The molecule has 4 N–H and O–H groups in total. The first-order chi connectivity index (χ1) is 19.7. The summed E-state index contributed by atoms with van der Waals surface area (Å²) in [6, 6.07) is 18.7. The van der Waals surface area contributed by atoms with E-state index in [1.807, 2.05) is 24.3 Å². The number of nitrogens with one attached hydrogen (secondary N) is 4. The largest absolute Gasteiger partial charge is 0.352 e. The van der Waals surface area contributed by atoms with Crippen LogP contribution in [0.4, 0.5) is 23.0 Å². The van der Waals surface area contributed by atoms with Crippen LogP contribution in [0.5, 0.6) is 0 Å². The number of non-ortho nitro benzene ring substituents is 1. The van der Waals surface area contributed by atoms with Crippen LogP contribution in [-0.4, -0.2) is 38.3 Å². The van der Waals surface area contributed by atoms with Crippen molar-refractivity contribution in [3.63, 3.8) is 0 Å². The first kappa shape index (κ1) is 26.9. The Labute approximate surface area is 234 Å². The Morgan fingerprint density at radius 3 is 2.41 bits per heavy atom. The molecule has 2 heterocycles. The van der Waals surface area contributed by atoms with Crippen LogP contribution in [0.15, 0.2) is 77.9 Å². The van der Waals surface area contributed by atoms with Gasteiger partial charge in [-0.1, -0.05) is 36.4 Å². The Hall–Kier alpha value is -5.65. The third-order valence-electron chi connectivity index (χ3n) is 6.44. The Balaban J connectivity index is 1.53. The number of nitro groups is 1. The number of hydrogen-bond donors (Lipinski definition) is 4. The van der Waals surface area contributed by atoms with Gasteiger partial charge in [-0.3, -0.25) is 34.8 Å². The Morgan fingerprint density at radius 2 is 1.76 bits per heavy atom. The van der Waals surface area contributed by atoms with Gasteiger partial charge >= 0.3 is 0 Å². The van der Waals surface area contributed by atoms with E-state index in [0.717, 1.165) is 11.1 Å². The minimum absolute atomic E-state index is 0.127. The van der Waals surface area contributed by atoms with Crippen LogP contribution in [0.1, 0.15) is 36.5 Å². The lowest BCUT2D eigenvalue weighted by atomic mass is 9.90. The maximum Gasteiger partial charge on any atom is 0.269 e. The van der Waals surface area contributed by atoms with Crippen molar-refractivity contribution in [3.8, 4) is 11.3 Å². The minimum atomic E-state index is -0.890. The molecule has 12 nitrogen and oxygen atoms in total. The highest BCUT2D eigenvalue weighted by atomic mass is 16.6. The summed E-state index contributed by atoms with van der Waals surface area (Å²) in [5.74, 6) is -1.30. The van der Waals surface area contributed by atoms with Gasteiger partial charge in [-0.2, -0.15) is 0 Å². The van der Waals surface area contributed by atoms with E-state index in [-0.39, 0.29) is 23.4 Å². The van der Waals surface area contributed by atoms with Crippen LogP contribution in [0, 0.1) is 10.1 Å². The van der Waals surface area contributed by atoms with Crippen LogP contribution >= 0.6 is 0 Å². The lowest BCUT2D eigenvalue weighted by Crippen LogP contribution is -2.22. The minimum Gasteiger partial charge on any atom is -0.352 e. The fourth-order valence-corrected chi connectivity index (χ4v) is 4.50. The molecule has 0 bridgehead atoms. The molecule has 1 aromatic heterocycles. The summed E-state index contributed by atoms with van der Waals surface area (Å²) in [7, 11) is 0. The van der Waals surface area contributed by atoms with Crippen molar-refractivity contribution in [3.05, 3.63) is 99.7 Å². The summed E-state index contributed by atoms with van der Waals surface area (Å²) in [5, 5.41) is 19.6. The molecule has 3 amide bonds. The van der Waals surface area contributed by atoms with Crippen molar-refractivity contribution in [2.45, 2.75) is 26.3 Å². The smallest absolute Gasteiger partial charge is 0.269 e. The molecule has 4 aromatic rings. The number of nitrogens with zero attached hydrogens (tertiary/aromatic N) is 3. The summed E-state index contributed by atoms with van der Waals surface area (Å²) in [5.41, 5.74) is 4.79. The highest BCUT2D eigenvalue weighted by Crippen LogP contribution is 2.38. The number of imidazole rings is 1. The normalized spacial score (nSPS) is 14.2. The molecule has 0 saturated heterocycles. The van der Waals surface area contributed by atoms with E-state index in [1.54, 1.807) is 30.5 Å². The van der Waals surface area contributed by atoms with E-state index in [1.165, 1.54) is 32.0 Å². The zero-order valence-electron chi connectivity index (χ0n) is 22.1. The number of aliphatic imine (C=N–C) groups is 1. The molecule has 0 radical (unpaired) electrons. The molecule has 0 fully saturated rings. The van der Waals surface area contributed by atoms with Crippen molar-refractivity contribution in [2.75, 3.05) is 10.6 Å². The van der Waals surface area contributed by atoms with Crippen molar-refractivity contribution in [1.29, 1.82) is 0 Å². The van der Waals surface area contributed by atoms with Crippen LogP contribution in [0.25, 0.3) is 11.3 Å². The maximum atomic E-state index is 13.2. The second-order valence-corrected chi connectivity index (χ2v) is 9.43. The Kier molecular flexibility index (Phi) is 7.37. The average molecular weight is 552 g/mol. The van der Waals surface area contributed by atoms with Gasteiger partial charge in [0.25, 0.3) is 5.69 Å². The third kappa shape index (κ3) is 6.01. The van der Waals surface area contributed by atoms with Gasteiger partial charge in [0.15, 0.2) is 0 Å². The van der Waals surface area contributed by atoms with Gasteiger partial charge in [-0.25, -0.2) is 4.98 Å². The molecule has 1 aliphatic rings. The van der Waals surface area contributed by atoms with E-state index in [4.69, 9.17) is 4.99 Å². The summed E-state index contributed by atoms with van der Waals surface area (Å²) < 4.78 is 0. The standard InChI is InChI=1S/C29H25N7O5/c1-16(37)30-14-18-3-5-20(6-4-18)27(26-23-13-22(36(40)41)11-12-24(23)34-28(26)39)33-21-9-7-19(8-10-21)25-15-31-29(35-25)32-17(2)38/h3-13,15,26H,14H2,1-2H3,(H,30,37)(H,34,39)(H2,31,32,35,38). The number of benzene rings is 3. The molecule has 0 aliphatic carbocycles. The Bertz CT molecular complexity index is 1690. The molecule has 41 heavy (non-hydrogen) atoms. The van der Waals surface area contributed by atoms with Crippen LogP contribution < -0.4 is 16.0 Å².